The highest BCUT2D eigenvalue weighted by atomic mass is 16.2. The standard InChI is InChI=1S/C19H30N4O2/c1-14-6-8-16(9-7-14)17(22(2)3)12-21-19(25)23-10-4-5-15(13-23)11-18(20)24/h6-9,15,17H,4-5,10-13H2,1-3H3,(H2,20,24)(H,21,25)/t15-,17-/m0/s1. The van der Waals surface area contributed by atoms with Crippen LogP contribution in [-0.4, -0.2) is 55.5 Å². The molecule has 1 heterocycles. The first-order valence-corrected chi connectivity index (χ1v) is 8.91. The molecule has 0 unspecified atom stereocenters. The molecule has 0 aromatic heterocycles. The quantitative estimate of drug-likeness (QED) is 0.826. The van der Waals surface area contributed by atoms with Crippen molar-refractivity contribution < 1.29 is 9.59 Å². The highest BCUT2D eigenvalue weighted by molar-refractivity contribution is 5.75. The molecule has 0 saturated carbocycles. The summed E-state index contributed by atoms with van der Waals surface area (Å²) in [5.41, 5.74) is 7.69. The first-order chi connectivity index (χ1) is 11.9. The fraction of sp³-hybridized carbons (Fsp3) is 0.579. The van der Waals surface area contributed by atoms with Gasteiger partial charge in [-0.3, -0.25) is 4.79 Å². The minimum atomic E-state index is -0.292. The van der Waals surface area contributed by atoms with E-state index >= 15 is 0 Å². The summed E-state index contributed by atoms with van der Waals surface area (Å²) in [6.45, 7) is 3.95. The van der Waals surface area contributed by atoms with Gasteiger partial charge < -0.3 is 20.9 Å². The van der Waals surface area contributed by atoms with E-state index in [9.17, 15) is 9.59 Å². The Bertz CT molecular complexity index is 586. The Labute approximate surface area is 150 Å². The molecule has 6 heteroatoms. The van der Waals surface area contributed by atoms with Crippen LogP contribution < -0.4 is 11.1 Å². The number of primary amides is 1. The highest BCUT2D eigenvalue weighted by Crippen LogP contribution is 2.20. The number of likely N-dealkylation sites (tertiary alicyclic amines) is 1. The maximum Gasteiger partial charge on any atom is 0.317 e. The van der Waals surface area contributed by atoms with Crippen molar-refractivity contribution in [1.82, 2.24) is 15.1 Å². The van der Waals surface area contributed by atoms with Gasteiger partial charge in [0.25, 0.3) is 0 Å². The topological polar surface area (TPSA) is 78.7 Å². The number of hydrogen-bond acceptors (Lipinski definition) is 3. The lowest BCUT2D eigenvalue weighted by Gasteiger charge is -2.33. The van der Waals surface area contributed by atoms with Gasteiger partial charge in [-0.15, -0.1) is 0 Å². The minimum absolute atomic E-state index is 0.0619. The molecule has 1 aromatic rings. The average molecular weight is 346 g/mol. The maximum absolute atomic E-state index is 12.5. The van der Waals surface area contributed by atoms with Crippen LogP contribution in [0, 0.1) is 12.8 Å². The monoisotopic (exact) mass is 346 g/mol. The number of nitrogens with zero attached hydrogens (tertiary/aromatic N) is 2. The van der Waals surface area contributed by atoms with Gasteiger partial charge in [0.2, 0.25) is 5.91 Å². The molecule has 0 radical (unpaired) electrons. The second-order valence-electron chi connectivity index (χ2n) is 7.20. The Morgan fingerprint density at radius 3 is 2.60 bits per heavy atom. The van der Waals surface area contributed by atoms with Crippen LogP contribution in [0.3, 0.4) is 0 Å². The zero-order chi connectivity index (χ0) is 18.4. The molecule has 1 saturated heterocycles. The van der Waals surface area contributed by atoms with Crippen molar-refractivity contribution in [3.05, 3.63) is 35.4 Å². The van der Waals surface area contributed by atoms with Gasteiger partial charge in [-0.05, 0) is 45.3 Å². The van der Waals surface area contributed by atoms with E-state index in [0.29, 0.717) is 19.5 Å². The van der Waals surface area contributed by atoms with Crippen LogP contribution >= 0.6 is 0 Å². The number of nitrogens with two attached hydrogens (primary N) is 1. The van der Waals surface area contributed by atoms with Crippen LogP contribution in [0.2, 0.25) is 0 Å². The number of benzene rings is 1. The average Bonchev–Trinajstić information content (AvgIpc) is 2.56. The van der Waals surface area contributed by atoms with Gasteiger partial charge in [0, 0.05) is 26.1 Å². The van der Waals surface area contributed by atoms with E-state index in [1.807, 2.05) is 14.1 Å². The third-order valence-corrected chi connectivity index (χ3v) is 4.83. The number of likely N-dealkylation sites (N-methyl/N-ethyl adjacent to an activating group) is 1. The van der Waals surface area contributed by atoms with Crippen molar-refractivity contribution in [2.45, 2.75) is 32.2 Å². The van der Waals surface area contributed by atoms with Crippen molar-refractivity contribution >= 4 is 11.9 Å². The molecule has 1 aliphatic rings. The molecule has 2 rings (SSSR count). The minimum Gasteiger partial charge on any atom is -0.370 e. The molecule has 2 atom stereocenters. The number of hydrogen-bond donors (Lipinski definition) is 2. The first kappa shape index (κ1) is 19.2. The molecule has 0 aliphatic carbocycles. The van der Waals surface area contributed by atoms with Gasteiger partial charge in [-0.1, -0.05) is 29.8 Å². The zero-order valence-corrected chi connectivity index (χ0v) is 15.5. The van der Waals surface area contributed by atoms with Crippen LogP contribution in [0.25, 0.3) is 0 Å². The Balaban J connectivity index is 1.92. The summed E-state index contributed by atoms with van der Waals surface area (Å²) >= 11 is 0. The Kier molecular flexibility index (Phi) is 6.82. The van der Waals surface area contributed by atoms with Crippen molar-refractivity contribution in [2.75, 3.05) is 33.7 Å². The number of rotatable bonds is 6. The molecule has 3 N–H and O–H groups in total. The van der Waals surface area contributed by atoms with E-state index in [-0.39, 0.29) is 23.9 Å². The molecule has 0 spiro atoms. The molecule has 25 heavy (non-hydrogen) atoms. The molecule has 6 nitrogen and oxygen atoms in total. The van der Waals surface area contributed by atoms with Crippen LogP contribution in [0.4, 0.5) is 4.79 Å². The summed E-state index contributed by atoms with van der Waals surface area (Å²) < 4.78 is 0. The van der Waals surface area contributed by atoms with E-state index in [1.165, 1.54) is 11.1 Å². The molecule has 1 fully saturated rings. The fourth-order valence-electron chi connectivity index (χ4n) is 3.38. The lowest BCUT2D eigenvalue weighted by Crippen LogP contribution is -2.47. The van der Waals surface area contributed by atoms with Crippen molar-refractivity contribution in [1.29, 1.82) is 0 Å². The second-order valence-corrected chi connectivity index (χ2v) is 7.20. The fourth-order valence-corrected chi connectivity index (χ4v) is 3.38. The van der Waals surface area contributed by atoms with Gasteiger partial charge in [0.1, 0.15) is 0 Å². The maximum atomic E-state index is 12.5. The van der Waals surface area contributed by atoms with Gasteiger partial charge in [-0.25, -0.2) is 4.79 Å². The van der Waals surface area contributed by atoms with Gasteiger partial charge in [0.05, 0.1) is 6.04 Å². The van der Waals surface area contributed by atoms with Crippen molar-refractivity contribution in [3.8, 4) is 0 Å². The van der Waals surface area contributed by atoms with Crippen molar-refractivity contribution in [3.63, 3.8) is 0 Å². The summed E-state index contributed by atoms with van der Waals surface area (Å²) in [5.74, 6) is -0.113. The number of urea groups is 1. The zero-order valence-electron chi connectivity index (χ0n) is 15.5. The lowest BCUT2D eigenvalue weighted by molar-refractivity contribution is -0.119. The van der Waals surface area contributed by atoms with E-state index in [0.717, 1.165) is 19.4 Å². The summed E-state index contributed by atoms with van der Waals surface area (Å²) in [6, 6.07) is 8.45. The smallest absolute Gasteiger partial charge is 0.317 e. The predicted octanol–water partition coefficient (Wildman–Crippen LogP) is 1.89. The summed E-state index contributed by atoms with van der Waals surface area (Å²) in [5, 5.41) is 3.05. The third kappa shape index (κ3) is 5.74. The summed E-state index contributed by atoms with van der Waals surface area (Å²) in [4.78, 5) is 27.5. The van der Waals surface area contributed by atoms with Crippen LogP contribution in [0.15, 0.2) is 24.3 Å². The molecular formula is C19H30N4O2. The number of aryl methyl sites for hydroxylation is 1. The number of piperidine rings is 1. The molecule has 1 aliphatic heterocycles. The number of amides is 3. The normalized spacial score (nSPS) is 18.9. The lowest BCUT2D eigenvalue weighted by atomic mass is 9.95. The van der Waals surface area contributed by atoms with Crippen LogP contribution in [0.5, 0.6) is 0 Å². The Morgan fingerprint density at radius 2 is 2.00 bits per heavy atom. The molecular weight excluding hydrogens is 316 g/mol. The SMILES string of the molecule is Cc1ccc([C@H](CNC(=O)N2CCC[C@@H](CC(N)=O)C2)N(C)C)cc1. The van der Waals surface area contributed by atoms with Gasteiger partial charge in [-0.2, -0.15) is 0 Å². The van der Waals surface area contributed by atoms with E-state index in [1.54, 1.807) is 4.90 Å². The predicted molar refractivity (Wildman–Crippen MR) is 99.1 cm³/mol. The van der Waals surface area contributed by atoms with E-state index in [2.05, 4.69) is 41.4 Å². The number of carbonyl (C=O) groups excluding carboxylic acids is 2. The van der Waals surface area contributed by atoms with E-state index in [4.69, 9.17) is 5.73 Å². The number of carbonyl (C=O) groups is 2. The summed E-state index contributed by atoms with van der Waals surface area (Å²) in [7, 11) is 4.03. The van der Waals surface area contributed by atoms with E-state index < -0.39 is 0 Å². The number of nitrogens with one attached hydrogen (secondary N) is 1. The molecule has 3 amide bonds. The van der Waals surface area contributed by atoms with Crippen molar-refractivity contribution in [2.24, 2.45) is 11.7 Å². The Morgan fingerprint density at radius 1 is 1.32 bits per heavy atom. The van der Waals surface area contributed by atoms with Crippen LogP contribution in [-0.2, 0) is 4.79 Å². The summed E-state index contributed by atoms with van der Waals surface area (Å²) in [6.07, 6.45) is 2.23. The molecule has 138 valence electrons. The molecule has 0 bridgehead atoms. The first-order valence-electron chi connectivity index (χ1n) is 8.91. The Hall–Kier alpha value is -2.08. The van der Waals surface area contributed by atoms with Gasteiger partial charge >= 0.3 is 6.03 Å². The second kappa shape index (κ2) is 8.85. The van der Waals surface area contributed by atoms with Crippen LogP contribution in [0.1, 0.15) is 36.4 Å². The largest absolute Gasteiger partial charge is 0.370 e. The van der Waals surface area contributed by atoms with Gasteiger partial charge in [0.15, 0.2) is 0 Å². The molecule has 1 aromatic carbocycles. The highest BCUT2D eigenvalue weighted by Gasteiger charge is 2.25. The third-order valence-electron chi connectivity index (χ3n) is 4.83.